The van der Waals surface area contributed by atoms with E-state index in [-0.39, 0.29) is 5.56 Å². The van der Waals surface area contributed by atoms with Crippen molar-refractivity contribution in [3.05, 3.63) is 45.7 Å². The summed E-state index contributed by atoms with van der Waals surface area (Å²) in [6.07, 6.45) is 4.22. The molecular formula is C16H17NO4. The van der Waals surface area contributed by atoms with Crippen molar-refractivity contribution in [2.75, 3.05) is 13.2 Å². The molecule has 1 fully saturated rings. The number of H-pyrrole nitrogens is 1. The van der Waals surface area contributed by atoms with Crippen LogP contribution >= 0.6 is 0 Å². The quantitative estimate of drug-likeness (QED) is 0.907. The average molecular weight is 287 g/mol. The van der Waals surface area contributed by atoms with Gasteiger partial charge in [0.15, 0.2) is 0 Å². The number of hydrogen-bond donors (Lipinski definition) is 2. The summed E-state index contributed by atoms with van der Waals surface area (Å²) in [5.41, 5.74) is 1.10. The third-order valence-corrected chi connectivity index (χ3v) is 4.04. The molecule has 0 atom stereocenters. The van der Waals surface area contributed by atoms with Crippen molar-refractivity contribution in [2.45, 2.75) is 19.3 Å². The van der Waals surface area contributed by atoms with Gasteiger partial charge in [-0.15, -0.1) is 0 Å². The lowest BCUT2D eigenvalue weighted by molar-refractivity contribution is 0.0665. The summed E-state index contributed by atoms with van der Waals surface area (Å²) in [5, 5.41) is 9.47. The fraction of sp³-hybridized carbons (Fsp3) is 0.375. The minimum absolute atomic E-state index is 0.217. The van der Waals surface area contributed by atoms with E-state index in [0.717, 1.165) is 38.0 Å². The van der Waals surface area contributed by atoms with Gasteiger partial charge in [0.2, 0.25) is 5.43 Å². The van der Waals surface area contributed by atoms with Crippen molar-refractivity contribution >= 4 is 16.9 Å². The largest absolute Gasteiger partial charge is 0.477 e. The van der Waals surface area contributed by atoms with Gasteiger partial charge in [-0.1, -0.05) is 6.07 Å². The Labute approximate surface area is 121 Å². The first-order valence-electron chi connectivity index (χ1n) is 7.10. The molecule has 0 saturated carbocycles. The lowest BCUT2D eigenvalue weighted by atomic mass is 9.92. The van der Waals surface area contributed by atoms with Gasteiger partial charge in [0, 0.05) is 30.3 Å². The van der Waals surface area contributed by atoms with Gasteiger partial charge in [0.05, 0.1) is 0 Å². The second-order valence-electron chi connectivity index (χ2n) is 5.48. The van der Waals surface area contributed by atoms with Crippen LogP contribution in [0.5, 0.6) is 0 Å². The zero-order valence-electron chi connectivity index (χ0n) is 11.6. The number of benzene rings is 1. The van der Waals surface area contributed by atoms with E-state index in [4.69, 9.17) is 9.84 Å². The Morgan fingerprint density at radius 2 is 2.10 bits per heavy atom. The molecule has 0 spiro atoms. The maximum atomic E-state index is 12.2. The number of pyridine rings is 1. The summed E-state index contributed by atoms with van der Waals surface area (Å²) >= 11 is 0. The molecule has 110 valence electrons. The van der Waals surface area contributed by atoms with E-state index >= 15 is 0 Å². The number of nitrogens with one attached hydrogen (secondary N) is 1. The Hall–Kier alpha value is -2.14. The highest BCUT2D eigenvalue weighted by atomic mass is 16.5. The van der Waals surface area contributed by atoms with E-state index in [1.807, 2.05) is 18.2 Å². The van der Waals surface area contributed by atoms with Crippen molar-refractivity contribution in [3.8, 4) is 0 Å². The van der Waals surface area contributed by atoms with Gasteiger partial charge in [-0.2, -0.15) is 0 Å². The second-order valence-corrected chi connectivity index (χ2v) is 5.48. The van der Waals surface area contributed by atoms with Crippen LogP contribution in [0.15, 0.2) is 29.2 Å². The molecule has 0 bridgehead atoms. The smallest absolute Gasteiger partial charge is 0.341 e. The van der Waals surface area contributed by atoms with Crippen molar-refractivity contribution in [1.82, 2.24) is 4.98 Å². The Morgan fingerprint density at radius 3 is 2.81 bits per heavy atom. The van der Waals surface area contributed by atoms with E-state index in [1.54, 1.807) is 0 Å². The van der Waals surface area contributed by atoms with Crippen molar-refractivity contribution in [1.29, 1.82) is 0 Å². The fourth-order valence-electron chi connectivity index (χ4n) is 2.84. The van der Waals surface area contributed by atoms with Gasteiger partial charge >= 0.3 is 5.97 Å². The number of ether oxygens (including phenoxy) is 1. The minimum atomic E-state index is -1.20. The second kappa shape index (κ2) is 5.69. The van der Waals surface area contributed by atoms with Crippen LogP contribution < -0.4 is 5.43 Å². The van der Waals surface area contributed by atoms with E-state index in [1.165, 1.54) is 6.20 Å². The Balaban J connectivity index is 1.96. The highest BCUT2D eigenvalue weighted by molar-refractivity contribution is 5.92. The molecule has 0 amide bonds. The van der Waals surface area contributed by atoms with E-state index in [0.29, 0.717) is 16.8 Å². The molecule has 1 aromatic carbocycles. The van der Waals surface area contributed by atoms with Crippen LogP contribution in [0.2, 0.25) is 0 Å². The van der Waals surface area contributed by atoms with E-state index in [9.17, 15) is 9.59 Å². The molecule has 2 aromatic rings. The predicted molar refractivity (Wildman–Crippen MR) is 78.8 cm³/mol. The molecule has 1 aliphatic rings. The molecule has 1 aliphatic heterocycles. The number of carbonyl (C=O) groups is 1. The number of carboxylic acids is 1. The summed E-state index contributed by atoms with van der Waals surface area (Å²) in [4.78, 5) is 26.1. The zero-order valence-corrected chi connectivity index (χ0v) is 11.6. The van der Waals surface area contributed by atoms with Gasteiger partial charge in [-0.05, 0) is 42.9 Å². The third kappa shape index (κ3) is 2.83. The number of aromatic carboxylic acids is 1. The van der Waals surface area contributed by atoms with Gasteiger partial charge < -0.3 is 14.8 Å². The fourth-order valence-corrected chi connectivity index (χ4v) is 2.84. The third-order valence-electron chi connectivity index (χ3n) is 4.04. The molecule has 2 heterocycles. The van der Waals surface area contributed by atoms with Crippen LogP contribution in [0.3, 0.4) is 0 Å². The normalized spacial score (nSPS) is 16.2. The van der Waals surface area contributed by atoms with Gasteiger partial charge in [-0.25, -0.2) is 4.79 Å². The Bertz CT molecular complexity index is 729. The highest BCUT2D eigenvalue weighted by Crippen LogP contribution is 2.21. The molecular weight excluding hydrogens is 270 g/mol. The number of carboxylic acid groups (broad SMARTS) is 1. The van der Waals surface area contributed by atoms with Crippen molar-refractivity contribution < 1.29 is 14.6 Å². The maximum Gasteiger partial charge on any atom is 0.341 e. The summed E-state index contributed by atoms with van der Waals surface area (Å²) < 4.78 is 5.35. The van der Waals surface area contributed by atoms with Crippen molar-refractivity contribution in [2.24, 2.45) is 5.92 Å². The van der Waals surface area contributed by atoms with E-state index < -0.39 is 11.4 Å². The molecule has 1 saturated heterocycles. The van der Waals surface area contributed by atoms with Gasteiger partial charge in [0.25, 0.3) is 0 Å². The number of rotatable bonds is 3. The van der Waals surface area contributed by atoms with Crippen LogP contribution in [0.1, 0.15) is 28.8 Å². The molecule has 0 radical (unpaired) electrons. The number of hydrogen-bond acceptors (Lipinski definition) is 3. The summed E-state index contributed by atoms with van der Waals surface area (Å²) in [6.45, 7) is 1.59. The average Bonchev–Trinajstić information content (AvgIpc) is 2.49. The lowest BCUT2D eigenvalue weighted by Crippen LogP contribution is -2.18. The molecule has 0 unspecified atom stereocenters. The molecule has 0 aliphatic carbocycles. The van der Waals surface area contributed by atoms with Crippen LogP contribution in [-0.2, 0) is 11.2 Å². The topological polar surface area (TPSA) is 79.4 Å². The van der Waals surface area contributed by atoms with Gasteiger partial charge in [-0.3, -0.25) is 4.79 Å². The molecule has 1 aromatic heterocycles. The first kappa shape index (κ1) is 13.8. The van der Waals surface area contributed by atoms with Crippen LogP contribution in [0.25, 0.3) is 10.9 Å². The van der Waals surface area contributed by atoms with Crippen LogP contribution in [0.4, 0.5) is 0 Å². The highest BCUT2D eigenvalue weighted by Gasteiger charge is 2.16. The zero-order chi connectivity index (χ0) is 14.8. The summed E-state index contributed by atoms with van der Waals surface area (Å²) in [5.74, 6) is -0.633. The molecule has 3 rings (SSSR count). The first-order chi connectivity index (χ1) is 10.1. The monoisotopic (exact) mass is 287 g/mol. The molecule has 2 N–H and O–H groups in total. The Kier molecular flexibility index (Phi) is 3.75. The predicted octanol–water partition coefficient (Wildman–Crippen LogP) is 2.20. The minimum Gasteiger partial charge on any atom is -0.477 e. The number of aromatic amines is 1. The summed E-state index contributed by atoms with van der Waals surface area (Å²) in [7, 11) is 0. The van der Waals surface area contributed by atoms with Crippen LogP contribution in [0, 0.1) is 5.92 Å². The molecule has 21 heavy (non-hydrogen) atoms. The van der Waals surface area contributed by atoms with E-state index in [2.05, 4.69) is 4.98 Å². The Morgan fingerprint density at radius 1 is 1.33 bits per heavy atom. The molecule has 5 heteroatoms. The maximum absolute atomic E-state index is 12.2. The number of fused-ring (bicyclic) bond motifs is 1. The van der Waals surface area contributed by atoms with Crippen LogP contribution in [-0.4, -0.2) is 29.3 Å². The number of aromatic nitrogens is 1. The molecule has 5 nitrogen and oxygen atoms in total. The lowest BCUT2D eigenvalue weighted by Gasteiger charge is -2.22. The van der Waals surface area contributed by atoms with Crippen molar-refractivity contribution in [3.63, 3.8) is 0 Å². The first-order valence-corrected chi connectivity index (χ1v) is 7.10. The SMILES string of the molecule is O=C(O)c1c[nH]c2ccc(CC3CCOCC3)cc2c1=O. The standard InChI is InChI=1S/C16H17NO4/c18-15-12-8-11(7-10-3-5-21-6-4-10)1-2-14(12)17-9-13(15)16(19)20/h1-2,8-10H,3-7H2,(H,17,18)(H,19,20). The summed E-state index contributed by atoms with van der Waals surface area (Å²) in [6, 6.07) is 5.65. The van der Waals surface area contributed by atoms with Gasteiger partial charge in [0.1, 0.15) is 5.56 Å².